The summed E-state index contributed by atoms with van der Waals surface area (Å²) in [5.41, 5.74) is 0.847. The van der Waals surface area contributed by atoms with Gasteiger partial charge in [-0.25, -0.2) is 4.98 Å². The first-order chi connectivity index (χ1) is 7.84. The molecule has 0 atom stereocenters. The second-order valence-corrected chi connectivity index (χ2v) is 4.31. The van der Waals surface area contributed by atoms with Crippen LogP contribution in [-0.2, 0) is 0 Å². The Kier molecular flexibility index (Phi) is 2.08. The van der Waals surface area contributed by atoms with Gasteiger partial charge in [0.2, 0.25) is 0 Å². The molecule has 0 spiro atoms. The number of hydrogen-bond donors (Lipinski definition) is 1. The quantitative estimate of drug-likeness (QED) is 0.696. The Labute approximate surface area is 95.4 Å². The minimum atomic E-state index is -0.0786. The van der Waals surface area contributed by atoms with Crippen molar-refractivity contribution in [1.82, 2.24) is 9.97 Å². The van der Waals surface area contributed by atoms with Crippen molar-refractivity contribution in [2.24, 2.45) is 0 Å². The third-order valence-corrected chi connectivity index (χ3v) is 3.19. The van der Waals surface area contributed by atoms with Crippen LogP contribution in [0.1, 0.15) is 0 Å². The van der Waals surface area contributed by atoms with Gasteiger partial charge in [0.05, 0.1) is 5.39 Å². The van der Waals surface area contributed by atoms with Crippen LogP contribution in [0.3, 0.4) is 0 Å². The van der Waals surface area contributed by atoms with Crippen molar-refractivity contribution >= 4 is 21.6 Å². The molecule has 0 unspecified atom stereocenters. The molecule has 3 rings (SSSR count). The van der Waals surface area contributed by atoms with Gasteiger partial charge in [0.1, 0.15) is 10.7 Å². The molecule has 0 aliphatic rings. The normalized spacial score (nSPS) is 10.8. The van der Waals surface area contributed by atoms with Gasteiger partial charge in [-0.05, 0) is 11.4 Å². The molecule has 3 nitrogen and oxygen atoms in total. The summed E-state index contributed by atoms with van der Waals surface area (Å²) in [6.07, 6.45) is 0. The lowest BCUT2D eigenvalue weighted by molar-refractivity contribution is 1.19. The first-order valence-corrected chi connectivity index (χ1v) is 5.75. The summed E-state index contributed by atoms with van der Waals surface area (Å²) in [6.45, 7) is 0. The van der Waals surface area contributed by atoms with Gasteiger partial charge in [0, 0.05) is 5.56 Å². The van der Waals surface area contributed by atoms with Gasteiger partial charge in [-0.3, -0.25) is 4.79 Å². The highest BCUT2D eigenvalue weighted by Crippen LogP contribution is 2.18. The summed E-state index contributed by atoms with van der Waals surface area (Å²) >= 11 is 1.48. The monoisotopic (exact) mass is 228 g/mol. The number of H-pyrrole nitrogens is 1. The van der Waals surface area contributed by atoms with Gasteiger partial charge in [-0.1, -0.05) is 30.3 Å². The van der Waals surface area contributed by atoms with Crippen LogP contribution in [0.4, 0.5) is 0 Å². The first-order valence-electron chi connectivity index (χ1n) is 4.87. The summed E-state index contributed by atoms with van der Waals surface area (Å²) in [7, 11) is 0. The van der Waals surface area contributed by atoms with Crippen molar-refractivity contribution in [1.29, 1.82) is 0 Å². The highest BCUT2D eigenvalue weighted by Gasteiger charge is 2.05. The van der Waals surface area contributed by atoms with E-state index in [1.54, 1.807) is 6.07 Å². The van der Waals surface area contributed by atoms with E-state index < -0.39 is 0 Å². The van der Waals surface area contributed by atoms with E-state index in [-0.39, 0.29) is 5.56 Å². The number of nitrogens with one attached hydrogen (secondary N) is 1. The van der Waals surface area contributed by atoms with Crippen LogP contribution >= 0.6 is 11.3 Å². The number of fused-ring (bicyclic) bond motifs is 1. The van der Waals surface area contributed by atoms with E-state index in [0.717, 1.165) is 10.4 Å². The lowest BCUT2D eigenvalue weighted by Crippen LogP contribution is -2.07. The van der Waals surface area contributed by atoms with Gasteiger partial charge in [0.15, 0.2) is 0 Å². The average Bonchev–Trinajstić information content (AvgIpc) is 2.79. The van der Waals surface area contributed by atoms with E-state index >= 15 is 0 Å². The first kappa shape index (κ1) is 9.30. The van der Waals surface area contributed by atoms with E-state index in [1.807, 2.05) is 35.7 Å². The molecule has 2 aromatic heterocycles. The van der Waals surface area contributed by atoms with Gasteiger partial charge in [-0.2, -0.15) is 0 Å². The molecule has 0 radical (unpaired) electrons. The molecule has 16 heavy (non-hydrogen) atoms. The topological polar surface area (TPSA) is 45.8 Å². The lowest BCUT2D eigenvalue weighted by atomic mass is 10.2. The van der Waals surface area contributed by atoms with E-state index in [9.17, 15) is 4.79 Å². The maximum atomic E-state index is 11.7. The Hall–Kier alpha value is -1.94. The minimum Gasteiger partial charge on any atom is -0.306 e. The van der Waals surface area contributed by atoms with Gasteiger partial charge in [-0.15, -0.1) is 11.3 Å². The van der Waals surface area contributed by atoms with Gasteiger partial charge in [0.25, 0.3) is 5.56 Å². The van der Waals surface area contributed by atoms with Crippen molar-refractivity contribution in [3.05, 3.63) is 52.1 Å². The predicted molar refractivity (Wildman–Crippen MR) is 65.7 cm³/mol. The molecule has 3 aromatic rings. The SMILES string of the molecule is O=c1[nH]c(-c2ccccc2)nc2sccc12. The highest BCUT2D eigenvalue weighted by molar-refractivity contribution is 7.16. The average molecular weight is 228 g/mol. The van der Waals surface area contributed by atoms with Crippen LogP contribution in [-0.4, -0.2) is 9.97 Å². The van der Waals surface area contributed by atoms with Crippen molar-refractivity contribution in [2.75, 3.05) is 0 Å². The second kappa shape index (κ2) is 3.57. The molecule has 2 heterocycles. The van der Waals surface area contributed by atoms with Crippen molar-refractivity contribution in [3.63, 3.8) is 0 Å². The molecular formula is C12H8N2OS. The Balaban J connectivity index is 2.30. The fraction of sp³-hybridized carbons (Fsp3) is 0. The molecule has 0 saturated carbocycles. The van der Waals surface area contributed by atoms with Crippen LogP contribution in [0.15, 0.2) is 46.6 Å². The van der Waals surface area contributed by atoms with Gasteiger partial charge >= 0.3 is 0 Å². The zero-order valence-corrected chi connectivity index (χ0v) is 9.12. The Morgan fingerprint density at radius 1 is 1.12 bits per heavy atom. The summed E-state index contributed by atoms with van der Waals surface area (Å²) in [5, 5.41) is 2.53. The Morgan fingerprint density at radius 2 is 1.94 bits per heavy atom. The van der Waals surface area contributed by atoms with Crippen LogP contribution < -0.4 is 5.56 Å². The molecule has 0 aliphatic heterocycles. The number of aromatic nitrogens is 2. The summed E-state index contributed by atoms with van der Waals surface area (Å²) in [6, 6.07) is 11.4. The third kappa shape index (κ3) is 1.44. The maximum absolute atomic E-state index is 11.7. The Bertz CT molecular complexity index is 685. The molecule has 0 amide bonds. The fourth-order valence-electron chi connectivity index (χ4n) is 1.60. The second-order valence-electron chi connectivity index (χ2n) is 3.42. The molecule has 4 heteroatoms. The molecule has 1 N–H and O–H groups in total. The van der Waals surface area contributed by atoms with E-state index in [1.165, 1.54) is 11.3 Å². The lowest BCUT2D eigenvalue weighted by Gasteiger charge is -1.99. The minimum absolute atomic E-state index is 0.0786. The van der Waals surface area contributed by atoms with Crippen LogP contribution in [0, 0.1) is 0 Å². The third-order valence-electron chi connectivity index (χ3n) is 2.38. The molecule has 0 fully saturated rings. The zero-order valence-electron chi connectivity index (χ0n) is 8.31. The van der Waals surface area contributed by atoms with Crippen molar-refractivity contribution < 1.29 is 0 Å². The fourth-order valence-corrected chi connectivity index (χ4v) is 2.36. The Morgan fingerprint density at radius 3 is 2.75 bits per heavy atom. The summed E-state index contributed by atoms with van der Waals surface area (Å²) in [4.78, 5) is 19.7. The zero-order chi connectivity index (χ0) is 11.0. The maximum Gasteiger partial charge on any atom is 0.259 e. The van der Waals surface area contributed by atoms with Crippen LogP contribution in [0.2, 0.25) is 0 Å². The molecular weight excluding hydrogens is 220 g/mol. The molecule has 0 aliphatic carbocycles. The van der Waals surface area contributed by atoms with E-state index in [0.29, 0.717) is 11.2 Å². The van der Waals surface area contributed by atoms with Crippen LogP contribution in [0.25, 0.3) is 21.6 Å². The summed E-state index contributed by atoms with van der Waals surface area (Å²) in [5.74, 6) is 0.626. The van der Waals surface area contributed by atoms with Crippen molar-refractivity contribution in [3.8, 4) is 11.4 Å². The number of hydrogen-bond acceptors (Lipinski definition) is 3. The standard InChI is InChI=1S/C12H8N2OS/c15-11-9-6-7-16-12(9)14-10(13-11)8-4-2-1-3-5-8/h1-7H,(H,13,14,15). The number of nitrogens with zero attached hydrogens (tertiary/aromatic N) is 1. The number of aromatic amines is 1. The number of rotatable bonds is 1. The molecule has 1 aromatic carbocycles. The van der Waals surface area contributed by atoms with Crippen molar-refractivity contribution in [2.45, 2.75) is 0 Å². The molecule has 0 bridgehead atoms. The van der Waals surface area contributed by atoms with E-state index in [4.69, 9.17) is 0 Å². The summed E-state index contributed by atoms with van der Waals surface area (Å²) < 4.78 is 0. The smallest absolute Gasteiger partial charge is 0.259 e. The number of thiophene rings is 1. The highest BCUT2D eigenvalue weighted by atomic mass is 32.1. The predicted octanol–water partition coefficient (Wildman–Crippen LogP) is 2.65. The van der Waals surface area contributed by atoms with Crippen LogP contribution in [0.5, 0.6) is 0 Å². The van der Waals surface area contributed by atoms with Gasteiger partial charge < -0.3 is 4.98 Å². The van der Waals surface area contributed by atoms with E-state index in [2.05, 4.69) is 9.97 Å². The molecule has 0 saturated heterocycles. The molecule has 78 valence electrons. The number of benzene rings is 1. The largest absolute Gasteiger partial charge is 0.306 e.